The third kappa shape index (κ3) is 4.89. The van der Waals surface area contributed by atoms with Crippen LogP contribution in [0.25, 0.3) is 11.0 Å². The van der Waals surface area contributed by atoms with E-state index in [1.807, 2.05) is 38.1 Å². The maximum absolute atomic E-state index is 12.6. The van der Waals surface area contributed by atoms with Crippen molar-refractivity contribution in [2.75, 3.05) is 6.54 Å². The molecule has 0 bridgehead atoms. The second kappa shape index (κ2) is 8.89. The maximum atomic E-state index is 12.6. The second-order valence-electron chi connectivity index (χ2n) is 6.94. The predicted molar refractivity (Wildman–Crippen MR) is 110 cm³/mol. The van der Waals surface area contributed by atoms with Crippen LogP contribution in [-0.4, -0.2) is 34.4 Å². The smallest absolute Gasteiger partial charge is 0.251 e. The summed E-state index contributed by atoms with van der Waals surface area (Å²) in [7, 11) is 0. The first-order valence-electron chi connectivity index (χ1n) is 9.22. The predicted octanol–water partition coefficient (Wildman–Crippen LogP) is 3.33. The first-order chi connectivity index (χ1) is 13.4. The summed E-state index contributed by atoms with van der Waals surface area (Å²) in [6.45, 7) is 4.22. The molecule has 1 atom stereocenters. The number of aromatic nitrogens is 2. The molecule has 3 rings (SSSR count). The van der Waals surface area contributed by atoms with Crippen molar-refractivity contribution in [2.24, 2.45) is 5.92 Å². The van der Waals surface area contributed by atoms with Crippen LogP contribution in [0, 0.1) is 5.92 Å². The lowest BCUT2D eigenvalue weighted by atomic mass is 10.0. The molecular formula is C21H23ClN4O2. The number of halogens is 1. The van der Waals surface area contributed by atoms with Gasteiger partial charge in [0.15, 0.2) is 0 Å². The molecule has 6 nitrogen and oxygen atoms in total. The Labute approximate surface area is 168 Å². The van der Waals surface area contributed by atoms with Crippen molar-refractivity contribution < 1.29 is 9.59 Å². The zero-order valence-corrected chi connectivity index (χ0v) is 16.6. The summed E-state index contributed by atoms with van der Waals surface area (Å²) in [5, 5.41) is 6.25. The summed E-state index contributed by atoms with van der Waals surface area (Å²) < 4.78 is 0. The SMILES string of the molecule is CC(C)C(NC(=O)c1ccc(Cl)cc1)C(=O)NCCc1nc2ccccc2[nH]1. The van der Waals surface area contributed by atoms with Crippen LogP contribution in [0.2, 0.25) is 5.02 Å². The zero-order valence-electron chi connectivity index (χ0n) is 15.8. The van der Waals surface area contributed by atoms with Crippen molar-refractivity contribution in [3.05, 3.63) is 64.9 Å². The third-order valence-electron chi connectivity index (χ3n) is 4.44. The first kappa shape index (κ1) is 19.9. The van der Waals surface area contributed by atoms with Gasteiger partial charge in [0, 0.05) is 23.6 Å². The molecule has 7 heteroatoms. The van der Waals surface area contributed by atoms with Crippen LogP contribution in [0.3, 0.4) is 0 Å². The van der Waals surface area contributed by atoms with Gasteiger partial charge in [-0.3, -0.25) is 9.59 Å². The van der Waals surface area contributed by atoms with Crippen LogP contribution in [0.4, 0.5) is 0 Å². The van der Waals surface area contributed by atoms with Gasteiger partial charge < -0.3 is 15.6 Å². The van der Waals surface area contributed by atoms with Gasteiger partial charge in [0.05, 0.1) is 11.0 Å². The second-order valence-corrected chi connectivity index (χ2v) is 7.38. The Morgan fingerprint density at radius 2 is 1.82 bits per heavy atom. The van der Waals surface area contributed by atoms with Crippen LogP contribution in [-0.2, 0) is 11.2 Å². The van der Waals surface area contributed by atoms with Crippen LogP contribution >= 0.6 is 11.6 Å². The minimum atomic E-state index is -0.626. The average molecular weight is 399 g/mol. The lowest BCUT2D eigenvalue weighted by Gasteiger charge is -2.21. The van der Waals surface area contributed by atoms with Crippen molar-refractivity contribution in [1.29, 1.82) is 0 Å². The Kier molecular flexibility index (Phi) is 6.31. The summed E-state index contributed by atoms with van der Waals surface area (Å²) >= 11 is 5.85. The van der Waals surface area contributed by atoms with Gasteiger partial charge in [-0.25, -0.2) is 4.98 Å². The van der Waals surface area contributed by atoms with Gasteiger partial charge in [-0.15, -0.1) is 0 Å². The maximum Gasteiger partial charge on any atom is 0.251 e. The zero-order chi connectivity index (χ0) is 20.1. The highest BCUT2D eigenvalue weighted by atomic mass is 35.5. The molecule has 3 N–H and O–H groups in total. The number of carbonyl (C=O) groups excluding carboxylic acids is 2. The van der Waals surface area contributed by atoms with E-state index in [9.17, 15) is 9.59 Å². The van der Waals surface area contributed by atoms with Gasteiger partial charge in [-0.1, -0.05) is 37.6 Å². The number of imidazole rings is 1. The van der Waals surface area contributed by atoms with Crippen LogP contribution in [0.1, 0.15) is 30.0 Å². The highest BCUT2D eigenvalue weighted by Crippen LogP contribution is 2.12. The number of carbonyl (C=O) groups is 2. The summed E-state index contributed by atoms with van der Waals surface area (Å²) in [5.41, 5.74) is 2.34. The van der Waals surface area contributed by atoms with E-state index in [1.165, 1.54) is 0 Å². The van der Waals surface area contributed by atoms with E-state index < -0.39 is 6.04 Å². The number of para-hydroxylation sites is 2. The number of fused-ring (bicyclic) bond motifs is 1. The fourth-order valence-corrected chi connectivity index (χ4v) is 3.02. The molecule has 0 aliphatic rings. The van der Waals surface area contributed by atoms with Crippen molar-refractivity contribution in [1.82, 2.24) is 20.6 Å². The fraction of sp³-hybridized carbons (Fsp3) is 0.286. The lowest BCUT2D eigenvalue weighted by Crippen LogP contribution is -2.50. The fourth-order valence-electron chi connectivity index (χ4n) is 2.90. The third-order valence-corrected chi connectivity index (χ3v) is 4.69. The number of aromatic amines is 1. The highest BCUT2D eigenvalue weighted by Gasteiger charge is 2.24. The van der Waals surface area contributed by atoms with E-state index in [0.29, 0.717) is 23.6 Å². The van der Waals surface area contributed by atoms with Crippen LogP contribution in [0.15, 0.2) is 48.5 Å². The Balaban J connectivity index is 1.56. The Hall–Kier alpha value is -2.86. The Bertz CT molecular complexity index is 933. The van der Waals surface area contributed by atoms with E-state index in [-0.39, 0.29) is 17.7 Å². The van der Waals surface area contributed by atoms with Crippen molar-refractivity contribution >= 4 is 34.4 Å². The number of hydrogen-bond donors (Lipinski definition) is 3. The molecule has 28 heavy (non-hydrogen) atoms. The molecule has 1 aromatic heterocycles. The molecule has 0 aliphatic heterocycles. The summed E-state index contributed by atoms with van der Waals surface area (Å²) in [5.74, 6) is 0.242. The summed E-state index contributed by atoms with van der Waals surface area (Å²) in [6, 6.07) is 13.7. The largest absolute Gasteiger partial charge is 0.354 e. The first-order valence-corrected chi connectivity index (χ1v) is 9.59. The standard InChI is InChI=1S/C21H23ClN4O2/c1-13(2)19(26-20(27)14-7-9-15(22)10-8-14)21(28)23-12-11-18-24-16-5-3-4-6-17(16)25-18/h3-10,13,19H,11-12H2,1-2H3,(H,23,28)(H,24,25)(H,26,27). The van der Waals surface area contributed by atoms with Crippen LogP contribution < -0.4 is 10.6 Å². The van der Waals surface area contributed by atoms with Crippen molar-refractivity contribution in [3.63, 3.8) is 0 Å². The number of nitrogens with zero attached hydrogens (tertiary/aromatic N) is 1. The van der Waals surface area contributed by atoms with Gasteiger partial charge in [-0.2, -0.15) is 0 Å². The van der Waals surface area contributed by atoms with Gasteiger partial charge in [-0.05, 0) is 42.3 Å². The Morgan fingerprint density at radius 1 is 1.11 bits per heavy atom. The monoisotopic (exact) mass is 398 g/mol. The number of nitrogens with one attached hydrogen (secondary N) is 3. The van der Waals surface area contributed by atoms with E-state index in [1.54, 1.807) is 24.3 Å². The van der Waals surface area contributed by atoms with Crippen molar-refractivity contribution in [3.8, 4) is 0 Å². The van der Waals surface area contributed by atoms with E-state index in [0.717, 1.165) is 16.9 Å². The van der Waals surface area contributed by atoms with Crippen molar-refractivity contribution in [2.45, 2.75) is 26.3 Å². The summed E-state index contributed by atoms with van der Waals surface area (Å²) in [6.07, 6.45) is 0.580. The normalized spacial score (nSPS) is 12.1. The lowest BCUT2D eigenvalue weighted by molar-refractivity contribution is -0.123. The number of hydrogen-bond acceptors (Lipinski definition) is 3. The van der Waals surface area contributed by atoms with Gasteiger partial charge in [0.2, 0.25) is 5.91 Å². The number of amides is 2. The summed E-state index contributed by atoms with van der Waals surface area (Å²) in [4.78, 5) is 32.7. The molecule has 0 saturated carbocycles. The van der Waals surface area contributed by atoms with Gasteiger partial charge >= 0.3 is 0 Å². The minimum Gasteiger partial charge on any atom is -0.354 e. The molecule has 0 saturated heterocycles. The van der Waals surface area contributed by atoms with E-state index >= 15 is 0 Å². The molecule has 0 spiro atoms. The molecule has 0 aliphatic carbocycles. The highest BCUT2D eigenvalue weighted by molar-refractivity contribution is 6.30. The van der Waals surface area contributed by atoms with Crippen LogP contribution in [0.5, 0.6) is 0 Å². The average Bonchev–Trinajstić information content (AvgIpc) is 3.08. The molecule has 2 aromatic carbocycles. The number of benzene rings is 2. The molecule has 0 radical (unpaired) electrons. The number of rotatable bonds is 7. The topological polar surface area (TPSA) is 86.9 Å². The Morgan fingerprint density at radius 3 is 2.50 bits per heavy atom. The molecule has 146 valence electrons. The molecule has 1 unspecified atom stereocenters. The van der Waals surface area contributed by atoms with Gasteiger partial charge in [0.1, 0.15) is 11.9 Å². The number of H-pyrrole nitrogens is 1. The molecule has 2 amide bonds. The molecule has 0 fully saturated rings. The minimum absolute atomic E-state index is 0.0533. The van der Waals surface area contributed by atoms with Gasteiger partial charge in [0.25, 0.3) is 5.91 Å². The molecular weight excluding hydrogens is 376 g/mol. The molecule has 1 heterocycles. The van der Waals surface area contributed by atoms with E-state index in [2.05, 4.69) is 20.6 Å². The van der Waals surface area contributed by atoms with E-state index in [4.69, 9.17) is 11.6 Å². The molecule has 3 aromatic rings. The quantitative estimate of drug-likeness (QED) is 0.570.